The van der Waals surface area contributed by atoms with Crippen molar-refractivity contribution >= 4 is 23.0 Å². The third kappa shape index (κ3) is 4.78. The summed E-state index contributed by atoms with van der Waals surface area (Å²) in [5, 5.41) is 8.33. The number of anilines is 1. The predicted molar refractivity (Wildman–Crippen MR) is 74.6 cm³/mol. The molecular formula is C11H19N7O2. The van der Waals surface area contributed by atoms with Crippen LogP contribution >= 0.6 is 0 Å². The van der Waals surface area contributed by atoms with E-state index in [1.54, 1.807) is 0 Å². The highest BCUT2D eigenvalue weighted by molar-refractivity contribution is 5.80. The van der Waals surface area contributed by atoms with Crippen LogP contribution in [0.3, 0.4) is 0 Å². The molecule has 0 aliphatic carbocycles. The maximum absolute atomic E-state index is 10.1. The number of unbranched alkanes of at least 4 members (excludes halogenated alkanes) is 1. The number of fused-ring (bicyclic) bond motifs is 1. The van der Waals surface area contributed by atoms with Crippen LogP contribution in [0.1, 0.15) is 19.3 Å². The lowest BCUT2D eigenvalue weighted by Crippen LogP contribution is -2.29. The molecule has 0 fully saturated rings. The van der Waals surface area contributed by atoms with Gasteiger partial charge in [-0.3, -0.25) is 4.79 Å². The van der Waals surface area contributed by atoms with Crippen molar-refractivity contribution in [2.24, 2.45) is 11.5 Å². The molecule has 0 radical (unpaired) electrons. The minimum atomic E-state index is -0.933. The molecule has 2 aromatic rings. The SMILES string of the molecule is NCCCCC(N)C(=O)O.Nc1ncnc2nc[nH]c12. The summed E-state index contributed by atoms with van der Waals surface area (Å²) < 4.78 is 0. The summed E-state index contributed by atoms with van der Waals surface area (Å²) in [6.07, 6.45) is 5.09. The number of hydrogen-bond donors (Lipinski definition) is 5. The zero-order valence-electron chi connectivity index (χ0n) is 11.0. The zero-order valence-corrected chi connectivity index (χ0v) is 11.0. The molecule has 0 amide bonds. The second-order valence-electron chi connectivity index (χ2n) is 4.09. The number of aromatic nitrogens is 4. The van der Waals surface area contributed by atoms with Crippen LogP contribution in [0.25, 0.3) is 11.2 Å². The Kier molecular flexibility index (Phi) is 6.33. The van der Waals surface area contributed by atoms with Crippen molar-refractivity contribution in [3.63, 3.8) is 0 Å². The van der Waals surface area contributed by atoms with Crippen LogP contribution in [0.4, 0.5) is 5.82 Å². The van der Waals surface area contributed by atoms with E-state index in [1.165, 1.54) is 12.7 Å². The minimum Gasteiger partial charge on any atom is -0.480 e. The lowest BCUT2D eigenvalue weighted by atomic mass is 10.1. The van der Waals surface area contributed by atoms with E-state index in [1.807, 2.05) is 0 Å². The van der Waals surface area contributed by atoms with E-state index >= 15 is 0 Å². The first-order valence-electron chi connectivity index (χ1n) is 6.14. The predicted octanol–water partition coefficient (Wildman–Crippen LogP) is -0.538. The van der Waals surface area contributed by atoms with Crippen LogP contribution in [0.2, 0.25) is 0 Å². The third-order valence-corrected chi connectivity index (χ3v) is 2.54. The van der Waals surface area contributed by atoms with Crippen molar-refractivity contribution in [1.29, 1.82) is 0 Å². The molecule has 0 bridgehead atoms. The summed E-state index contributed by atoms with van der Waals surface area (Å²) in [6.45, 7) is 0.604. The molecule has 0 aliphatic heterocycles. The van der Waals surface area contributed by atoms with Crippen LogP contribution in [-0.2, 0) is 4.79 Å². The summed E-state index contributed by atoms with van der Waals surface area (Å²) in [6, 6.07) is -0.716. The molecule has 0 spiro atoms. The first-order chi connectivity index (χ1) is 9.56. The van der Waals surface area contributed by atoms with Crippen LogP contribution in [0.5, 0.6) is 0 Å². The number of H-pyrrole nitrogens is 1. The number of nitrogens with zero attached hydrogens (tertiary/aromatic N) is 3. The number of nitrogens with one attached hydrogen (secondary N) is 1. The van der Waals surface area contributed by atoms with Gasteiger partial charge in [0.15, 0.2) is 11.5 Å². The quantitative estimate of drug-likeness (QED) is 0.455. The molecule has 2 aromatic heterocycles. The summed E-state index contributed by atoms with van der Waals surface area (Å²) in [4.78, 5) is 24.5. The fraction of sp³-hybridized carbons (Fsp3) is 0.455. The minimum absolute atomic E-state index is 0.433. The Morgan fingerprint density at radius 2 is 2.10 bits per heavy atom. The summed E-state index contributed by atoms with van der Waals surface area (Å²) in [5.41, 5.74) is 17.2. The lowest BCUT2D eigenvalue weighted by Gasteiger charge is -2.03. The fourth-order valence-corrected chi connectivity index (χ4v) is 1.42. The lowest BCUT2D eigenvalue weighted by molar-refractivity contribution is -0.138. The summed E-state index contributed by atoms with van der Waals surface area (Å²) in [7, 11) is 0. The van der Waals surface area contributed by atoms with Crippen molar-refractivity contribution in [3.8, 4) is 0 Å². The van der Waals surface area contributed by atoms with Crippen molar-refractivity contribution in [2.45, 2.75) is 25.3 Å². The number of carboxylic acid groups (broad SMARTS) is 1. The normalized spacial score (nSPS) is 11.7. The van der Waals surface area contributed by atoms with Gasteiger partial charge in [0, 0.05) is 0 Å². The van der Waals surface area contributed by atoms with Gasteiger partial charge in [0.2, 0.25) is 0 Å². The Balaban J connectivity index is 0.000000200. The van der Waals surface area contributed by atoms with Crippen molar-refractivity contribution in [2.75, 3.05) is 12.3 Å². The largest absolute Gasteiger partial charge is 0.480 e. The molecule has 1 atom stereocenters. The standard InChI is InChI=1S/C6H14N2O2.C5H5N5/c7-4-2-1-3-5(8)6(9)10;6-4-3-5(9-1-7-3)10-2-8-4/h5H,1-4,7-8H2,(H,9,10);1-2H,(H3,6,7,8,9,10). The maximum atomic E-state index is 10.1. The summed E-state index contributed by atoms with van der Waals surface area (Å²) in [5.74, 6) is -0.500. The highest BCUT2D eigenvalue weighted by atomic mass is 16.4. The van der Waals surface area contributed by atoms with Gasteiger partial charge in [-0.15, -0.1) is 0 Å². The van der Waals surface area contributed by atoms with Crippen molar-refractivity contribution in [1.82, 2.24) is 19.9 Å². The summed E-state index contributed by atoms with van der Waals surface area (Å²) >= 11 is 0. The van der Waals surface area contributed by atoms with Gasteiger partial charge < -0.3 is 27.3 Å². The Morgan fingerprint density at radius 1 is 1.35 bits per heavy atom. The molecule has 0 saturated carbocycles. The molecular weight excluding hydrogens is 262 g/mol. The van der Waals surface area contributed by atoms with E-state index in [0.717, 1.165) is 12.8 Å². The van der Waals surface area contributed by atoms with Crippen LogP contribution in [-0.4, -0.2) is 43.6 Å². The number of aromatic amines is 1. The molecule has 110 valence electrons. The van der Waals surface area contributed by atoms with Gasteiger partial charge in [-0.25, -0.2) is 15.0 Å². The molecule has 0 saturated heterocycles. The third-order valence-electron chi connectivity index (χ3n) is 2.54. The fourth-order valence-electron chi connectivity index (χ4n) is 1.42. The molecule has 2 rings (SSSR count). The van der Waals surface area contributed by atoms with Gasteiger partial charge in [0.25, 0.3) is 0 Å². The number of imidazole rings is 1. The molecule has 8 N–H and O–H groups in total. The van der Waals surface area contributed by atoms with E-state index in [9.17, 15) is 4.79 Å². The van der Waals surface area contributed by atoms with Crippen molar-refractivity contribution < 1.29 is 9.90 Å². The van der Waals surface area contributed by atoms with E-state index in [-0.39, 0.29) is 0 Å². The topological polar surface area (TPSA) is 170 Å². The zero-order chi connectivity index (χ0) is 15.0. The number of nitrogens with two attached hydrogens (primary N) is 3. The maximum Gasteiger partial charge on any atom is 0.320 e. The molecule has 20 heavy (non-hydrogen) atoms. The first-order valence-corrected chi connectivity index (χ1v) is 6.14. The number of carboxylic acids is 1. The van der Waals surface area contributed by atoms with Gasteiger partial charge in [0.05, 0.1) is 6.33 Å². The Bertz CT molecular complexity index is 542. The molecule has 0 aliphatic rings. The average molecular weight is 281 g/mol. The van der Waals surface area contributed by atoms with E-state index in [0.29, 0.717) is 29.9 Å². The van der Waals surface area contributed by atoms with E-state index < -0.39 is 12.0 Å². The average Bonchev–Trinajstić information content (AvgIpc) is 2.89. The smallest absolute Gasteiger partial charge is 0.320 e. The van der Waals surface area contributed by atoms with Gasteiger partial charge >= 0.3 is 5.97 Å². The van der Waals surface area contributed by atoms with Crippen molar-refractivity contribution in [3.05, 3.63) is 12.7 Å². The second kappa shape index (κ2) is 8.02. The van der Waals surface area contributed by atoms with E-state index in [4.69, 9.17) is 22.3 Å². The van der Waals surface area contributed by atoms with Gasteiger partial charge in [-0.2, -0.15) is 0 Å². The van der Waals surface area contributed by atoms with Gasteiger partial charge in [-0.1, -0.05) is 6.42 Å². The number of aliphatic carboxylic acids is 1. The first kappa shape index (κ1) is 15.8. The van der Waals surface area contributed by atoms with Gasteiger partial charge in [0.1, 0.15) is 17.9 Å². The van der Waals surface area contributed by atoms with E-state index in [2.05, 4.69) is 19.9 Å². The molecule has 2 heterocycles. The van der Waals surface area contributed by atoms with Gasteiger partial charge in [-0.05, 0) is 19.4 Å². The van der Waals surface area contributed by atoms with Crippen LogP contribution in [0, 0.1) is 0 Å². The molecule has 9 heteroatoms. The number of rotatable bonds is 5. The number of nitrogen functional groups attached to an aromatic ring is 1. The second-order valence-corrected chi connectivity index (χ2v) is 4.09. The Labute approximate surface area is 115 Å². The van der Waals surface area contributed by atoms with Crippen LogP contribution in [0.15, 0.2) is 12.7 Å². The highest BCUT2D eigenvalue weighted by Crippen LogP contribution is 2.09. The molecule has 9 nitrogen and oxygen atoms in total. The monoisotopic (exact) mass is 281 g/mol. The highest BCUT2D eigenvalue weighted by Gasteiger charge is 2.09. The van der Waals surface area contributed by atoms with Crippen LogP contribution < -0.4 is 17.2 Å². The number of hydrogen-bond acceptors (Lipinski definition) is 7. The Hall–Kier alpha value is -2.26. The number of carbonyl (C=O) groups is 1. The molecule has 1 unspecified atom stereocenters. The molecule has 0 aromatic carbocycles. The Morgan fingerprint density at radius 3 is 2.70 bits per heavy atom.